The Morgan fingerprint density at radius 2 is 2.00 bits per heavy atom. The molecule has 2 aliphatic heterocycles. The van der Waals surface area contributed by atoms with Crippen molar-refractivity contribution in [3.63, 3.8) is 0 Å². The number of nitriles is 2. The van der Waals surface area contributed by atoms with Crippen molar-refractivity contribution in [2.45, 2.75) is 18.8 Å². The first-order chi connectivity index (χ1) is 11.6. The Labute approximate surface area is 139 Å². The van der Waals surface area contributed by atoms with Gasteiger partial charge in [0.2, 0.25) is 0 Å². The van der Waals surface area contributed by atoms with Crippen LogP contribution in [-0.2, 0) is 9.47 Å². The van der Waals surface area contributed by atoms with E-state index < -0.39 is 22.7 Å². The Morgan fingerprint density at radius 1 is 1.29 bits per heavy atom. The van der Waals surface area contributed by atoms with Crippen LogP contribution >= 0.6 is 0 Å². The van der Waals surface area contributed by atoms with E-state index in [0.29, 0.717) is 25.6 Å². The summed E-state index contributed by atoms with van der Waals surface area (Å²) < 4.78 is 17.1. The number of hydrogen-bond donors (Lipinski definition) is 1. The summed E-state index contributed by atoms with van der Waals surface area (Å²) in [7, 11) is 0. The molecule has 122 valence electrons. The first kappa shape index (κ1) is 14.9. The summed E-state index contributed by atoms with van der Waals surface area (Å²) in [4.78, 5) is 4.25. The summed E-state index contributed by atoms with van der Waals surface area (Å²) in [5.41, 5.74) is 4.29. The Kier molecular flexibility index (Phi) is 2.93. The lowest BCUT2D eigenvalue weighted by Gasteiger charge is -2.26. The number of nitrogens with two attached hydrogens (primary N) is 1. The molecule has 2 heterocycles. The van der Waals surface area contributed by atoms with E-state index in [4.69, 9.17) is 19.9 Å². The minimum absolute atomic E-state index is 0.0877. The highest BCUT2D eigenvalue weighted by Crippen LogP contribution is 2.82. The van der Waals surface area contributed by atoms with Crippen molar-refractivity contribution < 1.29 is 14.2 Å². The predicted molar refractivity (Wildman–Crippen MR) is 82.7 cm³/mol. The number of amidine groups is 1. The fourth-order valence-electron chi connectivity index (χ4n) is 4.19. The number of hydrogen-bond acceptors (Lipinski definition) is 7. The molecule has 1 saturated heterocycles. The van der Waals surface area contributed by atoms with Gasteiger partial charge in [0.1, 0.15) is 17.0 Å². The largest absolute Gasteiger partial charge is 0.494 e. The van der Waals surface area contributed by atoms with E-state index in [1.165, 1.54) is 0 Å². The van der Waals surface area contributed by atoms with E-state index in [9.17, 15) is 10.5 Å². The number of ether oxygens (including phenoxy) is 3. The Balaban J connectivity index is 1.92. The average molecular weight is 324 g/mol. The molecule has 3 aliphatic rings. The van der Waals surface area contributed by atoms with Crippen LogP contribution in [0.1, 0.15) is 18.4 Å². The van der Waals surface area contributed by atoms with Crippen LogP contribution in [0, 0.1) is 33.5 Å². The lowest BCUT2D eigenvalue weighted by molar-refractivity contribution is -0.184. The first-order valence-corrected chi connectivity index (χ1v) is 7.81. The molecule has 2 N–H and O–H groups in total. The Morgan fingerprint density at radius 3 is 2.62 bits per heavy atom. The average Bonchev–Trinajstić information content (AvgIpc) is 2.83. The van der Waals surface area contributed by atoms with Crippen molar-refractivity contribution in [3.8, 4) is 17.9 Å². The molecule has 2 fully saturated rings. The van der Waals surface area contributed by atoms with E-state index in [2.05, 4.69) is 17.1 Å². The number of fused-ring (bicyclic) bond motifs is 2. The van der Waals surface area contributed by atoms with Crippen LogP contribution in [0.5, 0.6) is 5.75 Å². The van der Waals surface area contributed by atoms with Crippen molar-refractivity contribution in [2.24, 2.45) is 21.6 Å². The third kappa shape index (κ3) is 1.36. The Hall–Kier alpha value is -2.61. The molecule has 1 aromatic rings. The number of nitrogens with zero attached hydrogens (tertiary/aromatic N) is 3. The molecular weight excluding hydrogens is 308 g/mol. The maximum absolute atomic E-state index is 10.0. The van der Waals surface area contributed by atoms with Crippen molar-refractivity contribution in [2.75, 3.05) is 19.8 Å². The minimum atomic E-state index is -1.51. The first-order valence-electron chi connectivity index (χ1n) is 7.81. The second kappa shape index (κ2) is 4.70. The Bertz CT molecular complexity index is 818. The minimum Gasteiger partial charge on any atom is -0.494 e. The normalized spacial score (nSPS) is 35.0. The van der Waals surface area contributed by atoms with Gasteiger partial charge in [-0.3, -0.25) is 0 Å². The van der Waals surface area contributed by atoms with Crippen molar-refractivity contribution >= 4 is 5.84 Å². The van der Waals surface area contributed by atoms with Crippen LogP contribution < -0.4 is 10.5 Å². The van der Waals surface area contributed by atoms with Gasteiger partial charge in [0.25, 0.3) is 5.91 Å². The van der Waals surface area contributed by atoms with Crippen LogP contribution in [0.4, 0.5) is 0 Å². The molecule has 3 atom stereocenters. The van der Waals surface area contributed by atoms with Crippen LogP contribution in [0.15, 0.2) is 29.3 Å². The van der Waals surface area contributed by atoms with Crippen LogP contribution in [0.2, 0.25) is 0 Å². The quantitative estimate of drug-likeness (QED) is 0.895. The molecule has 0 unspecified atom stereocenters. The van der Waals surface area contributed by atoms with Gasteiger partial charge in [-0.15, -0.1) is 0 Å². The lowest BCUT2D eigenvalue weighted by atomic mass is 9.94. The summed E-state index contributed by atoms with van der Waals surface area (Å²) in [6.45, 7) is 2.97. The molecule has 0 aromatic heterocycles. The molecule has 24 heavy (non-hydrogen) atoms. The number of para-hydroxylation sites is 1. The SMILES string of the molecule is CCOc1ccccc1[C@@H]1[C@@]2(C#N)C3(N=C(N)[C@]12C#N)OCCO3. The topological polar surface area (TPSA) is 114 Å². The van der Waals surface area contributed by atoms with Gasteiger partial charge in [0.05, 0.1) is 32.0 Å². The summed E-state index contributed by atoms with van der Waals surface area (Å²) in [6.07, 6.45) is 0. The van der Waals surface area contributed by atoms with Gasteiger partial charge in [-0.2, -0.15) is 10.5 Å². The summed E-state index contributed by atoms with van der Waals surface area (Å²) in [5.74, 6) is -1.31. The van der Waals surface area contributed by atoms with Gasteiger partial charge in [-0.25, -0.2) is 4.99 Å². The molecule has 0 bridgehead atoms. The van der Waals surface area contributed by atoms with Gasteiger partial charge in [-0.1, -0.05) is 18.2 Å². The van der Waals surface area contributed by atoms with E-state index >= 15 is 0 Å². The smallest absolute Gasteiger partial charge is 0.293 e. The lowest BCUT2D eigenvalue weighted by Crippen LogP contribution is -2.38. The predicted octanol–water partition coefficient (Wildman–Crippen LogP) is 1.27. The van der Waals surface area contributed by atoms with Gasteiger partial charge in [0, 0.05) is 11.5 Å². The van der Waals surface area contributed by atoms with Crippen molar-refractivity contribution in [1.82, 2.24) is 0 Å². The molecule has 0 amide bonds. The van der Waals surface area contributed by atoms with Crippen LogP contribution in [-0.4, -0.2) is 31.6 Å². The second-order valence-electron chi connectivity index (χ2n) is 6.02. The monoisotopic (exact) mass is 324 g/mol. The number of benzene rings is 1. The maximum Gasteiger partial charge on any atom is 0.293 e. The molecular formula is C17H16N4O3. The highest BCUT2D eigenvalue weighted by Gasteiger charge is 2.94. The molecule has 4 rings (SSSR count). The fraction of sp³-hybridized carbons (Fsp3) is 0.471. The maximum atomic E-state index is 10.0. The molecule has 1 aromatic carbocycles. The van der Waals surface area contributed by atoms with Crippen LogP contribution in [0.25, 0.3) is 0 Å². The van der Waals surface area contributed by atoms with Crippen LogP contribution in [0.3, 0.4) is 0 Å². The third-order valence-electron chi connectivity index (χ3n) is 5.14. The summed E-state index contributed by atoms with van der Waals surface area (Å²) >= 11 is 0. The van der Waals surface area contributed by atoms with E-state index in [-0.39, 0.29) is 5.84 Å². The zero-order valence-corrected chi connectivity index (χ0v) is 13.2. The van der Waals surface area contributed by atoms with Gasteiger partial charge < -0.3 is 19.9 Å². The fourth-order valence-corrected chi connectivity index (χ4v) is 4.19. The summed E-state index contributed by atoms with van der Waals surface area (Å²) in [6, 6.07) is 11.9. The highest BCUT2D eigenvalue weighted by atomic mass is 16.8. The van der Waals surface area contributed by atoms with E-state index in [0.717, 1.165) is 5.56 Å². The number of aliphatic imine (C=N–C) groups is 1. The number of rotatable bonds is 3. The zero-order chi connectivity index (χ0) is 17.0. The standard InChI is InChI=1S/C17H16N4O3/c1-2-22-12-6-4-3-5-11(12)13-15(9-18)14(20)21-17(16(13,15)10-19)23-7-8-24-17/h3-6,13H,2,7-8H2,1H3,(H2,20,21)/t13-,15-,16+/m0/s1. The van der Waals surface area contributed by atoms with E-state index in [1.54, 1.807) is 0 Å². The highest BCUT2D eigenvalue weighted by molar-refractivity contribution is 6.00. The zero-order valence-electron chi connectivity index (χ0n) is 13.2. The molecule has 1 saturated carbocycles. The summed E-state index contributed by atoms with van der Waals surface area (Å²) in [5, 5.41) is 19.9. The molecule has 1 aliphatic carbocycles. The third-order valence-corrected chi connectivity index (χ3v) is 5.14. The van der Waals surface area contributed by atoms with Crippen molar-refractivity contribution in [1.29, 1.82) is 10.5 Å². The van der Waals surface area contributed by atoms with E-state index in [1.807, 2.05) is 31.2 Å². The molecule has 1 spiro atoms. The van der Waals surface area contributed by atoms with Gasteiger partial charge in [0.15, 0.2) is 5.41 Å². The molecule has 0 radical (unpaired) electrons. The van der Waals surface area contributed by atoms with Crippen molar-refractivity contribution in [3.05, 3.63) is 29.8 Å². The molecule has 7 nitrogen and oxygen atoms in total. The second-order valence-corrected chi connectivity index (χ2v) is 6.02. The van der Waals surface area contributed by atoms with Gasteiger partial charge >= 0.3 is 0 Å². The molecule has 7 heteroatoms. The van der Waals surface area contributed by atoms with Gasteiger partial charge in [-0.05, 0) is 13.0 Å².